The first-order valence-electron chi connectivity index (χ1n) is 8.27. The van der Waals surface area contributed by atoms with E-state index in [1.165, 1.54) is 37.7 Å². The van der Waals surface area contributed by atoms with Gasteiger partial charge in [0.05, 0.1) is 6.61 Å². The van der Waals surface area contributed by atoms with Gasteiger partial charge < -0.3 is 10.1 Å². The second-order valence-corrected chi connectivity index (χ2v) is 6.00. The predicted octanol–water partition coefficient (Wildman–Crippen LogP) is 4.53. The molecule has 2 rings (SSSR count). The molecule has 0 amide bonds. The minimum Gasteiger partial charge on any atom is -0.494 e. The summed E-state index contributed by atoms with van der Waals surface area (Å²) in [7, 11) is 0. The lowest BCUT2D eigenvalue weighted by atomic mass is 9.84. The summed E-state index contributed by atoms with van der Waals surface area (Å²) < 4.78 is 5.69. The summed E-state index contributed by atoms with van der Waals surface area (Å²) in [5.41, 5.74) is 1.33. The molecule has 0 unspecified atom stereocenters. The van der Waals surface area contributed by atoms with Gasteiger partial charge in [0.25, 0.3) is 0 Å². The van der Waals surface area contributed by atoms with Gasteiger partial charge in [-0.15, -0.1) is 0 Å². The Kier molecular flexibility index (Phi) is 6.38. The van der Waals surface area contributed by atoms with Gasteiger partial charge in [-0.3, -0.25) is 0 Å². The maximum atomic E-state index is 5.69. The van der Waals surface area contributed by atoms with Crippen molar-refractivity contribution in [1.29, 1.82) is 0 Å². The first-order valence-corrected chi connectivity index (χ1v) is 8.27. The summed E-state index contributed by atoms with van der Waals surface area (Å²) in [6.07, 6.45) is 7.88. The summed E-state index contributed by atoms with van der Waals surface area (Å²) in [5, 5.41) is 3.71. The van der Waals surface area contributed by atoms with Crippen molar-refractivity contribution < 1.29 is 4.74 Å². The number of hydrogen-bond donors (Lipinski definition) is 1. The molecule has 0 spiro atoms. The van der Waals surface area contributed by atoms with E-state index in [0.29, 0.717) is 6.04 Å². The average molecular weight is 275 g/mol. The fourth-order valence-electron chi connectivity index (χ4n) is 3.00. The van der Waals surface area contributed by atoms with E-state index < -0.39 is 0 Å². The third-order valence-electron chi connectivity index (χ3n) is 4.39. The molecule has 2 heteroatoms. The molecule has 0 bridgehead atoms. The fourth-order valence-corrected chi connectivity index (χ4v) is 3.00. The highest BCUT2D eigenvalue weighted by atomic mass is 16.5. The molecule has 0 saturated heterocycles. The number of ether oxygens (including phenoxy) is 1. The Bertz CT molecular complexity index is 383. The summed E-state index contributed by atoms with van der Waals surface area (Å²) >= 11 is 0. The molecule has 1 aromatic carbocycles. The van der Waals surface area contributed by atoms with Crippen molar-refractivity contribution in [3.05, 3.63) is 29.8 Å². The highest BCUT2D eigenvalue weighted by molar-refractivity contribution is 5.28. The molecule has 2 nitrogen and oxygen atoms in total. The van der Waals surface area contributed by atoms with Crippen LogP contribution in [0.2, 0.25) is 0 Å². The highest BCUT2D eigenvalue weighted by Crippen LogP contribution is 2.26. The lowest BCUT2D eigenvalue weighted by Crippen LogP contribution is -2.32. The Morgan fingerprint density at radius 2 is 1.95 bits per heavy atom. The van der Waals surface area contributed by atoms with Crippen LogP contribution < -0.4 is 10.1 Å². The van der Waals surface area contributed by atoms with Crippen LogP contribution in [-0.2, 0) is 6.54 Å². The number of hydrogen-bond acceptors (Lipinski definition) is 2. The smallest absolute Gasteiger partial charge is 0.119 e. The van der Waals surface area contributed by atoms with Crippen LogP contribution in [-0.4, -0.2) is 12.6 Å². The molecular formula is C18H29NO. The van der Waals surface area contributed by atoms with E-state index in [0.717, 1.165) is 31.2 Å². The zero-order valence-corrected chi connectivity index (χ0v) is 13.0. The number of nitrogens with one attached hydrogen (secondary N) is 1. The van der Waals surface area contributed by atoms with Gasteiger partial charge >= 0.3 is 0 Å². The van der Waals surface area contributed by atoms with Gasteiger partial charge in [-0.25, -0.2) is 0 Å². The SMILES string of the molecule is CCCOc1cccc(CNC2CCC(CC)CC2)c1. The van der Waals surface area contributed by atoms with Crippen molar-refractivity contribution in [1.82, 2.24) is 5.32 Å². The summed E-state index contributed by atoms with van der Waals surface area (Å²) in [6, 6.07) is 9.20. The first-order chi connectivity index (χ1) is 9.81. The van der Waals surface area contributed by atoms with Crippen LogP contribution in [0.15, 0.2) is 24.3 Å². The molecule has 0 heterocycles. The number of rotatable bonds is 7. The van der Waals surface area contributed by atoms with Gasteiger partial charge in [0.2, 0.25) is 0 Å². The molecule has 0 aliphatic heterocycles. The van der Waals surface area contributed by atoms with Crippen molar-refractivity contribution in [2.45, 2.75) is 65.0 Å². The molecule has 0 radical (unpaired) electrons. The molecule has 1 fully saturated rings. The van der Waals surface area contributed by atoms with Crippen molar-refractivity contribution in [3.63, 3.8) is 0 Å². The predicted molar refractivity (Wildman–Crippen MR) is 85.1 cm³/mol. The Hall–Kier alpha value is -1.02. The molecule has 1 saturated carbocycles. The van der Waals surface area contributed by atoms with E-state index in [1.807, 2.05) is 6.07 Å². The quantitative estimate of drug-likeness (QED) is 0.789. The normalized spacial score (nSPS) is 22.7. The monoisotopic (exact) mass is 275 g/mol. The van der Waals surface area contributed by atoms with E-state index in [4.69, 9.17) is 4.74 Å². The van der Waals surface area contributed by atoms with Crippen LogP contribution in [0, 0.1) is 5.92 Å². The van der Waals surface area contributed by atoms with E-state index in [2.05, 4.69) is 37.4 Å². The first kappa shape index (κ1) is 15.4. The third-order valence-corrected chi connectivity index (χ3v) is 4.39. The maximum absolute atomic E-state index is 5.69. The second-order valence-electron chi connectivity index (χ2n) is 6.00. The van der Waals surface area contributed by atoms with Crippen molar-refractivity contribution in [2.75, 3.05) is 6.61 Å². The van der Waals surface area contributed by atoms with Crippen LogP contribution in [0.3, 0.4) is 0 Å². The topological polar surface area (TPSA) is 21.3 Å². The van der Waals surface area contributed by atoms with Gasteiger partial charge in [0.1, 0.15) is 5.75 Å². The van der Waals surface area contributed by atoms with E-state index >= 15 is 0 Å². The van der Waals surface area contributed by atoms with E-state index in [9.17, 15) is 0 Å². The standard InChI is InChI=1S/C18H29NO/c1-3-12-20-18-7-5-6-16(13-18)14-19-17-10-8-15(4-2)9-11-17/h5-7,13,15,17,19H,3-4,8-12,14H2,1-2H3. The molecular weight excluding hydrogens is 246 g/mol. The van der Waals surface area contributed by atoms with E-state index in [-0.39, 0.29) is 0 Å². The lowest BCUT2D eigenvalue weighted by Gasteiger charge is -2.28. The van der Waals surface area contributed by atoms with Crippen LogP contribution in [0.25, 0.3) is 0 Å². The van der Waals surface area contributed by atoms with E-state index in [1.54, 1.807) is 0 Å². The molecule has 1 N–H and O–H groups in total. The molecule has 1 aliphatic rings. The van der Waals surface area contributed by atoms with Gasteiger partial charge in [0, 0.05) is 12.6 Å². The van der Waals surface area contributed by atoms with Crippen LogP contribution in [0.5, 0.6) is 5.75 Å². The Labute approximate surface area is 123 Å². The molecule has 0 aromatic heterocycles. The van der Waals surface area contributed by atoms with Crippen LogP contribution in [0.1, 0.15) is 57.9 Å². The van der Waals surface area contributed by atoms with Crippen molar-refractivity contribution in [2.24, 2.45) is 5.92 Å². The molecule has 20 heavy (non-hydrogen) atoms. The molecule has 1 aliphatic carbocycles. The summed E-state index contributed by atoms with van der Waals surface area (Å²) in [6.45, 7) is 6.22. The number of benzene rings is 1. The van der Waals surface area contributed by atoms with Crippen molar-refractivity contribution >= 4 is 0 Å². The Morgan fingerprint density at radius 1 is 1.15 bits per heavy atom. The third kappa shape index (κ3) is 4.82. The average Bonchev–Trinajstić information content (AvgIpc) is 2.52. The highest BCUT2D eigenvalue weighted by Gasteiger charge is 2.19. The minimum absolute atomic E-state index is 0.706. The van der Waals surface area contributed by atoms with Gasteiger partial charge in [-0.2, -0.15) is 0 Å². The zero-order chi connectivity index (χ0) is 14.2. The summed E-state index contributed by atoms with van der Waals surface area (Å²) in [5.74, 6) is 1.97. The maximum Gasteiger partial charge on any atom is 0.119 e. The van der Waals surface area contributed by atoms with Crippen molar-refractivity contribution in [3.8, 4) is 5.75 Å². The lowest BCUT2D eigenvalue weighted by molar-refractivity contribution is 0.285. The molecule has 1 aromatic rings. The van der Waals surface area contributed by atoms with Gasteiger partial charge in [-0.1, -0.05) is 32.4 Å². The fraction of sp³-hybridized carbons (Fsp3) is 0.667. The minimum atomic E-state index is 0.706. The Balaban J connectivity index is 1.76. The zero-order valence-electron chi connectivity index (χ0n) is 13.0. The Morgan fingerprint density at radius 3 is 2.65 bits per heavy atom. The molecule has 112 valence electrons. The largest absolute Gasteiger partial charge is 0.494 e. The van der Waals surface area contributed by atoms with Crippen LogP contribution >= 0.6 is 0 Å². The second kappa shape index (κ2) is 8.31. The summed E-state index contributed by atoms with van der Waals surface area (Å²) in [4.78, 5) is 0. The van der Waals surface area contributed by atoms with Gasteiger partial charge in [-0.05, 0) is 55.7 Å². The van der Waals surface area contributed by atoms with Crippen LogP contribution in [0.4, 0.5) is 0 Å². The molecule has 0 atom stereocenters. The van der Waals surface area contributed by atoms with Gasteiger partial charge in [0.15, 0.2) is 0 Å².